The van der Waals surface area contributed by atoms with Gasteiger partial charge in [0.15, 0.2) is 9.84 Å². The standard InChI is InChI=1S/C6H9N3O3S/c1-9-3-5(2-8-9)13(11,12)4-6(7)10/h2-3H,4H2,1H3,(H2,7,10). The molecule has 13 heavy (non-hydrogen) atoms. The Kier molecular flexibility index (Phi) is 2.37. The fourth-order valence-electron chi connectivity index (χ4n) is 0.830. The van der Waals surface area contributed by atoms with Crippen LogP contribution in [0.1, 0.15) is 0 Å². The SMILES string of the molecule is Cn1cc(S(=O)(=O)CC(N)=O)cn1. The topological polar surface area (TPSA) is 95.0 Å². The number of carbonyl (C=O) groups is 1. The summed E-state index contributed by atoms with van der Waals surface area (Å²) in [6.07, 6.45) is 2.50. The van der Waals surface area contributed by atoms with Crippen molar-refractivity contribution in [2.45, 2.75) is 4.90 Å². The number of hydrogen-bond acceptors (Lipinski definition) is 4. The van der Waals surface area contributed by atoms with Crippen LogP contribution in [-0.4, -0.2) is 29.9 Å². The van der Waals surface area contributed by atoms with Crippen LogP contribution in [0.2, 0.25) is 0 Å². The number of nitrogens with two attached hydrogens (primary N) is 1. The van der Waals surface area contributed by atoms with Gasteiger partial charge in [0.2, 0.25) is 5.91 Å². The predicted molar refractivity (Wildman–Crippen MR) is 44.5 cm³/mol. The maximum Gasteiger partial charge on any atom is 0.233 e. The molecule has 7 heteroatoms. The highest BCUT2D eigenvalue weighted by molar-refractivity contribution is 7.92. The van der Waals surface area contributed by atoms with E-state index in [2.05, 4.69) is 5.10 Å². The van der Waals surface area contributed by atoms with Gasteiger partial charge in [-0.1, -0.05) is 0 Å². The Labute approximate surface area is 75.3 Å². The van der Waals surface area contributed by atoms with Gasteiger partial charge in [-0.3, -0.25) is 9.48 Å². The van der Waals surface area contributed by atoms with Crippen molar-refractivity contribution in [3.05, 3.63) is 12.4 Å². The number of carbonyl (C=O) groups excluding carboxylic acids is 1. The number of rotatable bonds is 3. The zero-order chi connectivity index (χ0) is 10.1. The first kappa shape index (κ1) is 9.72. The van der Waals surface area contributed by atoms with Crippen molar-refractivity contribution in [1.82, 2.24) is 9.78 Å². The van der Waals surface area contributed by atoms with Gasteiger partial charge < -0.3 is 5.73 Å². The van der Waals surface area contributed by atoms with E-state index in [-0.39, 0.29) is 4.90 Å². The third-order valence-electron chi connectivity index (χ3n) is 1.37. The molecule has 6 nitrogen and oxygen atoms in total. The van der Waals surface area contributed by atoms with Crippen LogP contribution >= 0.6 is 0 Å². The molecule has 0 radical (unpaired) electrons. The molecule has 1 amide bonds. The summed E-state index contributed by atoms with van der Waals surface area (Å²) < 4.78 is 23.9. The molecule has 0 saturated heterocycles. The second-order valence-corrected chi connectivity index (χ2v) is 4.56. The van der Waals surface area contributed by atoms with Gasteiger partial charge in [0.1, 0.15) is 10.6 Å². The molecule has 0 aromatic carbocycles. The van der Waals surface area contributed by atoms with E-state index < -0.39 is 21.5 Å². The van der Waals surface area contributed by atoms with Gasteiger partial charge in [0.05, 0.1) is 6.20 Å². The van der Waals surface area contributed by atoms with Crippen molar-refractivity contribution in [3.63, 3.8) is 0 Å². The molecule has 2 N–H and O–H groups in total. The van der Waals surface area contributed by atoms with Crippen molar-refractivity contribution >= 4 is 15.7 Å². The maximum absolute atomic E-state index is 11.3. The lowest BCUT2D eigenvalue weighted by atomic mass is 10.7. The third kappa shape index (κ3) is 2.28. The van der Waals surface area contributed by atoms with E-state index in [1.54, 1.807) is 7.05 Å². The Morgan fingerprint density at radius 1 is 1.69 bits per heavy atom. The van der Waals surface area contributed by atoms with Crippen LogP contribution in [0.15, 0.2) is 17.3 Å². The van der Waals surface area contributed by atoms with Crippen LogP contribution in [0, 0.1) is 0 Å². The molecule has 0 fully saturated rings. The quantitative estimate of drug-likeness (QED) is 0.659. The summed E-state index contributed by atoms with van der Waals surface area (Å²) in [5.41, 5.74) is 4.78. The van der Waals surface area contributed by atoms with E-state index >= 15 is 0 Å². The Bertz CT molecular complexity index is 420. The van der Waals surface area contributed by atoms with Crippen LogP contribution in [0.25, 0.3) is 0 Å². The van der Waals surface area contributed by atoms with Gasteiger partial charge in [0, 0.05) is 13.2 Å². The van der Waals surface area contributed by atoms with E-state index in [0.717, 1.165) is 0 Å². The molecule has 0 aliphatic rings. The summed E-state index contributed by atoms with van der Waals surface area (Å²) in [7, 11) is -2.01. The van der Waals surface area contributed by atoms with Gasteiger partial charge in [-0.25, -0.2) is 8.42 Å². The number of sulfone groups is 1. The first-order valence-corrected chi connectivity index (χ1v) is 5.07. The van der Waals surface area contributed by atoms with Crippen molar-refractivity contribution in [3.8, 4) is 0 Å². The average molecular weight is 203 g/mol. The second kappa shape index (κ2) is 3.17. The molecule has 0 bridgehead atoms. The van der Waals surface area contributed by atoms with Gasteiger partial charge in [-0.05, 0) is 0 Å². The van der Waals surface area contributed by atoms with Crippen LogP contribution in [0.4, 0.5) is 0 Å². The summed E-state index contributed by atoms with van der Waals surface area (Å²) in [6.45, 7) is 0. The molecule has 0 spiro atoms. The summed E-state index contributed by atoms with van der Waals surface area (Å²) >= 11 is 0. The van der Waals surface area contributed by atoms with E-state index in [0.29, 0.717) is 0 Å². The first-order chi connectivity index (χ1) is 5.92. The summed E-state index contributed by atoms with van der Waals surface area (Å²) in [5.74, 6) is -1.55. The second-order valence-electron chi connectivity index (χ2n) is 2.58. The Morgan fingerprint density at radius 3 is 2.69 bits per heavy atom. The summed E-state index contributed by atoms with van der Waals surface area (Å²) in [6, 6.07) is 0. The van der Waals surface area contributed by atoms with Gasteiger partial charge in [-0.15, -0.1) is 0 Å². The number of nitrogens with zero attached hydrogens (tertiary/aromatic N) is 2. The van der Waals surface area contributed by atoms with Crippen molar-refractivity contribution in [2.75, 3.05) is 5.75 Å². The highest BCUT2D eigenvalue weighted by atomic mass is 32.2. The van der Waals surface area contributed by atoms with E-state index in [1.165, 1.54) is 17.1 Å². The zero-order valence-corrected chi connectivity index (χ0v) is 7.78. The number of aromatic nitrogens is 2. The van der Waals surface area contributed by atoms with E-state index in [4.69, 9.17) is 5.73 Å². The van der Waals surface area contributed by atoms with Crippen molar-refractivity contribution in [2.24, 2.45) is 12.8 Å². The van der Waals surface area contributed by atoms with Crippen molar-refractivity contribution < 1.29 is 13.2 Å². The predicted octanol–water partition coefficient (Wildman–Crippen LogP) is -1.32. The fourth-order valence-corrected chi connectivity index (χ4v) is 1.89. The first-order valence-electron chi connectivity index (χ1n) is 3.41. The number of primary amides is 1. The van der Waals surface area contributed by atoms with Gasteiger partial charge >= 0.3 is 0 Å². The molecule has 0 saturated carbocycles. The highest BCUT2D eigenvalue weighted by Crippen LogP contribution is 2.07. The molecule has 1 heterocycles. The monoisotopic (exact) mass is 203 g/mol. The molecule has 1 aromatic heterocycles. The summed E-state index contributed by atoms with van der Waals surface area (Å²) in [4.78, 5) is 10.4. The Hall–Kier alpha value is -1.37. The zero-order valence-electron chi connectivity index (χ0n) is 6.97. The summed E-state index contributed by atoms with van der Waals surface area (Å²) in [5, 5.41) is 3.68. The number of hydrogen-bond donors (Lipinski definition) is 1. The Balaban J connectivity index is 3.01. The molecule has 1 rings (SSSR count). The normalized spacial score (nSPS) is 11.5. The molecule has 0 aliphatic heterocycles. The Morgan fingerprint density at radius 2 is 2.31 bits per heavy atom. The lowest BCUT2D eigenvalue weighted by molar-refractivity contribution is -0.115. The molecule has 1 aromatic rings. The smallest absolute Gasteiger partial charge is 0.233 e. The van der Waals surface area contributed by atoms with Crippen LogP contribution < -0.4 is 5.73 Å². The lowest BCUT2D eigenvalue weighted by Crippen LogP contribution is -2.22. The molecular weight excluding hydrogens is 194 g/mol. The lowest BCUT2D eigenvalue weighted by Gasteiger charge is -1.95. The molecular formula is C6H9N3O3S. The molecule has 72 valence electrons. The van der Waals surface area contributed by atoms with Crippen LogP contribution in [-0.2, 0) is 21.7 Å². The maximum atomic E-state index is 11.3. The number of aryl methyl sites for hydroxylation is 1. The largest absolute Gasteiger partial charge is 0.369 e. The van der Waals surface area contributed by atoms with E-state index in [1.807, 2.05) is 0 Å². The van der Waals surface area contributed by atoms with Crippen LogP contribution in [0.5, 0.6) is 0 Å². The average Bonchev–Trinajstić information content (AvgIpc) is 2.32. The minimum absolute atomic E-state index is 0.00815. The molecule has 0 unspecified atom stereocenters. The minimum atomic E-state index is -3.60. The minimum Gasteiger partial charge on any atom is -0.369 e. The number of amides is 1. The van der Waals surface area contributed by atoms with Gasteiger partial charge in [0.25, 0.3) is 0 Å². The third-order valence-corrected chi connectivity index (χ3v) is 2.97. The fraction of sp³-hybridized carbons (Fsp3) is 0.333. The molecule has 0 aliphatic carbocycles. The van der Waals surface area contributed by atoms with E-state index in [9.17, 15) is 13.2 Å². The molecule has 0 atom stereocenters. The van der Waals surface area contributed by atoms with Crippen molar-refractivity contribution in [1.29, 1.82) is 0 Å². The van der Waals surface area contributed by atoms with Gasteiger partial charge in [-0.2, -0.15) is 5.10 Å². The highest BCUT2D eigenvalue weighted by Gasteiger charge is 2.18. The van der Waals surface area contributed by atoms with Crippen LogP contribution in [0.3, 0.4) is 0 Å².